The predicted octanol–water partition coefficient (Wildman–Crippen LogP) is 4.51. The summed E-state index contributed by atoms with van der Waals surface area (Å²) in [5.41, 5.74) is 1.55. The lowest BCUT2D eigenvalue weighted by molar-refractivity contribution is -0.384. The lowest BCUT2D eigenvalue weighted by atomic mass is 10.2. The Kier molecular flexibility index (Phi) is 5.51. The fraction of sp³-hybridized carbons (Fsp3) is 0.0714. The van der Waals surface area contributed by atoms with E-state index in [9.17, 15) is 10.1 Å². The molecule has 0 aromatic heterocycles. The number of halogens is 2. The largest absolute Gasteiger partial charge is 0.487 e. The average Bonchev–Trinajstić information content (AvgIpc) is 2.47. The van der Waals surface area contributed by atoms with Gasteiger partial charge in [0.1, 0.15) is 12.4 Å². The Balaban J connectivity index is 2.12. The van der Waals surface area contributed by atoms with Gasteiger partial charge in [-0.25, -0.2) is 0 Å². The summed E-state index contributed by atoms with van der Waals surface area (Å²) in [5.74, 6) is 0.591. The Morgan fingerprint density at radius 1 is 1.23 bits per heavy atom. The second kappa shape index (κ2) is 7.37. The molecule has 0 radical (unpaired) electrons. The van der Waals surface area contributed by atoms with E-state index in [0.29, 0.717) is 20.3 Å². The number of hydrogen-bond donors (Lipinski definition) is 1. The molecule has 0 saturated heterocycles. The summed E-state index contributed by atoms with van der Waals surface area (Å²) in [7, 11) is 0. The van der Waals surface area contributed by atoms with Gasteiger partial charge < -0.3 is 9.94 Å². The first kappa shape index (κ1) is 16.4. The van der Waals surface area contributed by atoms with Gasteiger partial charge in [-0.3, -0.25) is 10.1 Å². The molecule has 0 aliphatic heterocycles. The Labute approximate surface area is 142 Å². The van der Waals surface area contributed by atoms with Crippen molar-refractivity contribution in [2.24, 2.45) is 5.16 Å². The zero-order valence-corrected chi connectivity index (χ0v) is 14.2. The molecular formula is C14H10Br2N2O4. The van der Waals surface area contributed by atoms with Crippen molar-refractivity contribution in [3.8, 4) is 5.75 Å². The molecule has 0 fully saturated rings. The van der Waals surface area contributed by atoms with Crippen molar-refractivity contribution in [1.29, 1.82) is 0 Å². The molecule has 1 N–H and O–H groups in total. The zero-order valence-electron chi connectivity index (χ0n) is 11.1. The van der Waals surface area contributed by atoms with Crippen molar-refractivity contribution in [1.82, 2.24) is 0 Å². The SMILES string of the molecule is O=[N+]([O-])c1ccc(COc2c(Br)cc(/C=N\O)cc2Br)cc1. The molecular weight excluding hydrogens is 420 g/mol. The Bertz CT molecular complexity index is 694. The standard InChI is InChI=1S/C14H10Br2N2O4/c15-12-5-10(7-17-19)6-13(16)14(12)22-8-9-1-3-11(4-2-9)18(20)21/h1-7,19H,8H2/b17-7-. The van der Waals surface area contributed by atoms with Crippen LogP contribution < -0.4 is 4.74 Å². The molecule has 8 heteroatoms. The van der Waals surface area contributed by atoms with E-state index in [4.69, 9.17) is 9.94 Å². The lowest BCUT2D eigenvalue weighted by Gasteiger charge is -2.11. The molecule has 2 aromatic carbocycles. The fourth-order valence-electron chi connectivity index (χ4n) is 1.73. The first-order valence-corrected chi connectivity index (χ1v) is 7.62. The van der Waals surface area contributed by atoms with Gasteiger partial charge in [0.25, 0.3) is 5.69 Å². The minimum absolute atomic E-state index is 0.0405. The van der Waals surface area contributed by atoms with Crippen LogP contribution >= 0.6 is 31.9 Å². The molecule has 0 spiro atoms. The minimum Gasteiger partial charge on any atom is -0.487 e. The third kappa shape index (κ3) is 4.05. The normalized spacial score (nSPS) is 10.8. The van der Waals surface area contributed by atoms with E-state index in [2.05, 4.69) is 37.0 Å². The number of nitrogens with zero attached hydrogens (tertiary/aromatic N) is 2. The molecule has 6 nitrogen and oxygen atoms in total. The predicted molar refractivity (Wildman–Crippen MR) is 88.7 cm³/mol. The van der Waals surface area contributed by atoms with Crippen LogP contribution in [-0.2, 0) is 6.61 Å². The molecule has 0 unspecified atom stereocenters. The van der Waals surface area contributed by atoms with Gasteiger partial charge in [-0.15, -0.1) is 0 Å². The summed E-state index contributed by atoms with van der Waals surface area (Å²) in [6.07, 6.45) is 1.30. The van der Waals surface area contributed by atoms with E-state index >= 15 is 0 Å². The van der Waals surface area contributed by atoms with E-state index in [1.807, 2.05) is 0 Å². The highest BCUT2D eigenvalue weighted by Crippen LogP contribution is 2.35. The monoisotopic (exact) mass is 428 g/mol. The van der Waals surface area contributed by atoms with Crippen LogP contribution in [0.1, 0.15) is 11.1 Å². The molecule has 0 amide bonds. The highest BCUT2D eigenvalue weighted by molar-refractivity contribution is 9.11. The number of nitro benzene ring substituents is 1. The minimum atomic E-state index is -0.445. The van der Waals surface area contributed by atoms with E-state index < -0.39 is 4.92 Å². The van der Waals surface area contributed by atoms with Gasteiger partial charge >= 0.3 is 0 Å². The van der Waals surface area contributed by atoms with Gasteiger partial charge in [-0.1, -0.05) is 5.16 Å². The van der Waals surface area contributed by atoms with Gasteiger partial charge in [-0.05, 0) is 67.3 Å². The van der Waals surface area contributed by atoms with Crippen LogP contribution in [0, 0.1) is 10.1 Å². The Hall–Kier alpha value is -1.93. The number of rotatable bonds is 5. The van der Waals surface area contributed by atoms with E-state index in [1.165, 1.54) is 18.3 Å². The van der Waals surface area contributed by atoms with Gasteiger partial charge in [0.2, 0.25) is 0 Å². The summed E-state index contributed by atoms with van der Waals surface area (Å²) in [4.78, 5) is 10.2. The molecule has 0 aliphatic rings. The summed E-state index contributed by atoms with van der Waals surface area (Å²) < 4.78 is 7.10. The first-order chi connectivity index (χ1) is 10.5. The molecule has 114 valence electrons. The zero-order chi connectivity index (χ0) is 16.1. The smallest absolute Gasteiger partial charge is 0.269 e. The van der Waals surface area contributed by atoms with Crippen LogP contribution in [0.5, 0.6) is 5.75 Å². The maximum atomic E-state index is 10.6. The average molecular weight is 430 g/mol. The number of benzene rings is 2. The number of nitro groups is 1. The number of non-ortho nitro benzene ring substituents is 1. The van der Waals surface area contributed by atoms with Crippen molar-refractivity contribution >= 4 is 43.8 Å². The number of oxime groups is 1. The summed E-state index contributed by atoms with van der Waals surface area (Å²) in [6.45, 7) is 0.266. The van der Waals surface area contributed by atoms with Crippen LogP contribution in [0.4, 0.5) is 5.69 Å². The number of hydrogen-bond acceptors (Lipinski definition) is 5. The Morgan fingerprint density at radius 2 is 1.82 bits per heavy atom. The van der Waals surface area contributed by atoms with Crippen molar-refractivity contribution in [3.05, 3.63) is 66.6 Å². The maximum Gasteiger partial charge on any atom is 0.269 e. The van der Waals surface area contributed by atoms with E-state index in [1.54, 1.807) is 24.3 Å². The van der Waals surface area contributed by atoms with Crippen LogP contribution in [0.15, 0.2) is 50.5 Å². The quantitative estimate of drug-likeness (QED) is 0.328. The second-order valence-corrected chi connectivity index (χ2v) is 5.98. The molecule has 0 saturated carbocycles. The molecule has 2 aromatic rings. The van der Waals surface area contributed by atoms with Crippen LogP contribution in [0.3, 0.4) is 0 Å². The molecule has 0 aliphatic carbocycles. The maximum absolute atomic E-state index is 10.6. The molecule has 0 heterocycles. The van der Waals surface area contributed by atoms with Gasteiger partial charge in [0.15, 0.2) is 0 Å². The highest BCUT2D eigenvalue weighted by Gasteiger charge is 2.10. The van der Waals surface area contributed by atoms with Gasteiger partial charge in [0.05, 0.1) is 20.1 Å². The van der Waals surface area contributed by atoms with Gasteiger partial charge in [0, 0.05) is 12.1 Å². The molecule has 22 heavy (non-hydrogen) atoms. The lowest BCUT2D eigenvalue weighted by Crippen LogP contribution is -1.98. The van der Waals surface area contributed by atoms with Crippen LogP contribution in [0.25, 0.3) is 0 Å². The Morgan fingerprint density at radius 3 is 2.32 bits per heavy atom. The molecule has 2 rings (SSSR count). The second-order valence-electron chi connectivity index (χ2n) is 4.27. The third-order valence-corrected chi connectivity index (χ3v) is 3.94. The van der Waals surface area contributed by atoms with E-state index in [0.717, 1.165) is 5.56 Å². The number of ether oxygens (including phenoxy) is 1. The van der Waals surface area contributed by atoms with Crippen LogP contribution in [-0.4, -0.2) is 16.3 Å². The van der Waals surface area contributed by atoms with Gasteiger partial charge in [-0.2, -0.15) is 0 Å². The summed E-state index contributed by atoms with van der Waals surface area (Å²) in [6, 6.07) is 9.65. The van der Waals surface area contributed by atoms with Crippen molar-refractivity contribution in [2.75, 3.05) is 0 Å². The van der Waals surface area contributed by atoms with Crippen molar-refractivity contribution < 1.29 is 14.9 Å². The summed E-state index contributed by atoms with van der Waals surface area (Å²) >= 11 is 6.77. The third-order valence-electron chi connectivity index (χ3n) is 2.76. The summed E-state index contributed by atoms with van der Waals surface area (Å²) in [5, 5.41) is 22.1. The topological polar surface area (TPSA) is 85.0 Å². The molecule has 0 bridgehead atoms. The highest BCUT2D eigenvalue weighted by atomic mass is 79.9. The van der Waals surface area contributed by atoms with Crippen molar-refractivity contribution in [3.63, 3.8) is 0 Å². The van der Waals surface area contributed by atoms with E-state index in [-0.39, 0.29) is 12.3 Å². The van der Waals surface area contributed by atoms with Crippen LogP contribution in [0.2, 0.25) is 0 Å². The molecule has 0 atom stereocenters. The van der Waals surface area contributed by atoms with Crippen molar-refractivity contribution in [2.45, 2.75) is 6.61 Å². The first-order valence-electron chi connectivity index (χ1n) is 6.04. The fourth-order valence-corrected chi connectivity index (χ4v) is 3.18.